The summed E-state index contributed by atoms with van der Waals surface area (Å²) in [5.74, 6) is 0.426. The lowest BCUT2D eigenvalue weighted by Crippen LogP contribution is -2.57. The van der Waals surface area contributed by atoms with Crippen LogP contribution in [0.25, 0.3) is 11.1 Å². The number of methoxy groups -OCH3 is 1. The van der Waals surface area contributed by atoms with Gasteiger partial charge in [-0.2, -0.15) is 0 Å². The number of rotatable bonds is 7. The quantitative estimate of drug-likeness (QED) is 0.462. The highest BCUT2D eigenvalue weighted by molar-refractivity contribution is 5.90. The molecule has 6 heteroatoms. The molecule has 0 aromatic heterocycles. The molecule has 0 unspecified atom stereocenters. The first kappa shape index (κ1) is 24.1. The number of aryl methyl sites for hydroxylation is 1. The molecule has 3 aromatic rings. The third-order valence-electron chi connectivity index (χ3n) is 7.75. The van der Waals surface area contributed by atoms with E-state index in [9.17, 15) is 14.7 Å². The maximum Gasteiger partial charge on any atom is 0.337 e. The molecule has 2 bridgehead atoms. The summed E-state index contributed by atoms with van der Waals surface area (Å²) >= 11 is 0. The molecule has 2 saturated heterocycles. The highest BCUT2D eigenvalue weighted by atomic mass is 16.5. The molecule has 186 valence electrons. The van der Waals surface area contributed by atoms with Crippen LogP contribution in [0.4, 0.5) is 0 Å². The number of phenols is 1. The van der Waals surface area contributed by atoms with Crippen LogP contribution in [-0.2, 0) is 16.1 Å². The Morgan fingerprint density at radius 3 is 2.53 bits per heavy atom. The molecule has 2 aliphatic heterocycles. The van der Waals surface area contributed by atoms with Crippen LogP contribution in [0.1, 0.15) is 52.9 Å². The molecule has 1 aliphatic carbocycles. The number of hydrogen-bond acceptors (Lipinski definition) is 5. The van der Waals surface area contributed by atoms with E-state index in [2.05, 4.69) is 35.3 Å². The molecule has 1 amide bonds. The Morgan fingerprint density at radius 2 is 1.83 bits per heavy atom. The van der Waals surface area contributed by atoms with Gasteiger partial charge in [-0.05, 0) is 90.8 Å². The number of carbonyl (C=O) groups excluding carboxylic acids is 2. The second-order valence-corrected chi connectivity index (χ2v) is 10.2. The lowest BCUT2D eigenvalue weighted by molar-refractivity contribution is -0.135. The van der Waals surface area contributed by atoms with E-state index in [1.165, 1.54) is 7.11 Å². The molecule has 6 nitrogen and oxygen atoms in total. The van der Waals surface area contributed by atoms with Crippen molar-refractivity contribution >= 4 is 11.9 Å². The number of hydrogen-bond donors (Lipinski definition) is 2. The summed E-state index contributed by atoms with van der Waals surface area (Å²) in [6.45, 7) is 5.52. The minimum atomic E-state index is -0.515. The van der Waals surface area contributed by atoms with E-state index in [4.69, 9.17) is 4.74 Å². The highest BCUT2D eigenvalue weighted by Crippen LogP contribution is 2.51. The summed E-state index contributed by atoms with van der Waals surface area (Å²) < 4.78 is 4.76. The van der Waals surface area contributed by atoms with Gasteiger partial charge in [0, 0.05) is 13.1 Å². The summed E-state index contributed by atoms with van der Waals surface area (Å²) in [6, 6.07) is 20.8. The third-order valence-corrected chi connectivity index (χ3v) is 7.75. The molecule has 36 heavy (non-hydrogen) atoms. The van der Waals surface area contributed by atoms with Crippen LogP contribution < -0.4 is 5.32 Å². The van der Waals surface area contributed by atoms with E-state index in [-0.39, 0.29) is 23.7 Å². The van der Waals surface area contributed by atoms with Gasteiger partial charge in [-0.1, -0.05) is 36.4 Å². The second kappa shape index (κ2) is 9.43. The molecular formula is C30H32N2O4. The van der Waals surface area contributed by atoms with Crippen LogP contribution in [0.5, 0.6) is 5.75 Å². The topological polar surface area (TPSA) is 78.9 Å². The van der Waals surface area contributed by atoms with E-state index in [1.807, 2.05) is 31.2 Å². The Hall–Kier alpha value is -3.64. The smallest absolute Gasteiger partial charge is 0.337 e. The Bertz CT molecular complexity index is 1290. The van der Waals surface area contributed by atoms with Crippen molar-refractivity contribution < 1.29 is 19.4 Å². The maximum absolute atomic E-state index is 13.5. The molecule has 1 atom stereocenters. The van der Waals surface area contributed by atoms with Gasteiger partial charge in [0.25, 0.3) is 0 Å². The number of nitrogens with one attached hydrogen (secondary N) is 1. The van der Waals surface area contributed by atoms with Gasteiger partial charge in [0.2, 0.25) is 5.91 Å². The SMILES string of the molecule is COC(=O)c1ccc([C@H](C)NC(=O)C23CC(CN2Cc2cc(O)cc(-c4ccccc4C)c2)C3)cc1. The number of amides is 1. The Labute approximate surface area is 211 Å². The van der Waals surface area contributed by atoms with Crippen molar-refractivity contribution in [3.8, 4) is 16.9 Å². The fraction of sp³-hybridized carbons (Fsp3) is 0.333. The molecule has 2 N–H and O–H groups in total. The molecule has 0 radical (unpaired) electrons. The molecule has 6 rings (SSSR count). The molecule has 1 saturated carbocycles. The Balaban J connectivity index is 1.31. The highest BCUT2D eigenvalue weighted by Gasteiger charge is 2.60. The summed E-state index contributed by atoms with van der Waals surface area (Å²) in [4.78, 5) is 27.5. The average Bonchev–Trinajstić information content (AvgIpc) is 3.38. The van der Waals surface area contributed by atoms with Crippen molar-refractivity contribution in [2.45, 2.75) is 44.8 Å². The number of esters is 1. The normalized spacial score (nSPS) is 21.5. The lowest BCUT2D eigenvalue weighted by Gasteiger charge is -2.41. The largest absolute Gasteiger partial charge is 0.508 e. The van der Waals surface area contributed by atoms with Crippen LogP contribution in [0.15, 0.2) is 66.7 Å². The summed E-state index contributed by atoms with van der Waals surface area (Å²) in [7, 11) is 1.36. The number of carbonyl (C=O) groups is 2. The van der Waals surface area contributed by atoms with Crippen LogP contribution >= 0.6 is 0 Å². The number of nitrogens with zero attached hydrogens (tertiary/aromatic N) is 1. The van der Waals surface area contributed by atoms with E-state index >= 15 is 0 Å². The fourth-order valence-corrected chi connectivity index (χ4v) is 5.79. The summed E-state index contributed by atoms with van der Waals surface area (Å²) in [5, 5.41) is 13.7. The molecule has 3 aliphatic rings. The van der Waals surface area contributed by atoms with Crippen molar-refractivity contribution in [3.05, 3.63) is 89.0 Å². The minimum absolute atomic E-state index is 0.0417. The van der Waals surface area contributed by atoms with Gasteiger partial charge in [0.05, 0.1) is 18.7 Å². The van der Waals surface area contributed by atoms with Crippen molar-refractivity contribution in [2.75, 3.05) is 13.7 Å². The molecule has 2 heterocycles. The van der Waals surface area contributed by atoms with Crippen molar-refractivity contribution in [3.63, 3.8) is 0 Å². The van der Waals surface area contributed by atoms with Gasteiger partial charge in [-0.3, -0.25) is 9.69 Å². The zero-order valence-electron chi connectivity index (χ0n) is 21.0. The zero-order valence-corrected chi connectivity index (χ0v) is 21.0. The van der Waals surface area contributed by atoms with Crippen molar-refractivity contribution in [2.24, 2.45) is 5.92 Å². The minimum Gasteiger partial charge on any atom is -0.508 e. The van der Waals surface area contributed by atoms with Crippen molar-refractivity contribution in [1.82, 2.24) is 10.2 Å². The van der Waals surface area contributed by atoms with Crippen LogP contribution in [-0.4, -0.2) is 41.1 Å². The zero-order chi connectivity index (χ0) is 25.4. The van der Waals surface area contributed by atoms with Gasteiger partial charge in [-0.25, -0.2) is 4.79 Å². The maximum atomic E-state index is 13.5. The van der Waals surface area contributed by atoms with E-state index in [1.54, 1.807) is 24.3 Å². The second-order valence-electron chi connectivity index (χ2n) is 10.2. The fourth-order valence-electron chi connectivity index (χ4n) is 5.79. The predicted octanol–water partition coefficient (Wildman–Crippen LogP) is 5.00. The monoisotopic (exact) mass is 484 g/mol. The molecule has 0 spiro atoms. The summed E-state index contributed by atoms with van der Waals surface area (Å²) in [6.07, 6.45) is 1.71. The Kier molecular flexibility index (Phi) is 6.31. The van der Waals surface area contributed by atoms with Gasteiger partial charge in [0.15, 0.2) is 0 Å². The predicted molar refractivity (Wildman–Crippen MR) is 138 cm³/mol. The summed E-state index contributed by atoms with van der Waals surface area (Å²) in [5.41, 5.74) is 5.14. The van der Waals surface area contributed by atoms with Crippen molar-refractivity contribution in [1.29, 1.82) is 0 Å². The first-order chi connectivity index (χ1) is 17.3. The van der Waals surface area contributed by atoms with E-state index in [0.717, 1.165) is 47.2 Å². The van der Waals surface area contributed by atoms with E-state index < -0.39 is 5.54 Å². The number of fused-ring (bicyclic) bond motifs is 1. The molecule has 3 fully saturated rings. The van der Waals surface area contributed by atoms with Gasteiger partial charge < -0.3 is 15.2 Å². The number of benzene rings is 3. The lowest BCUT2D eigenvalue weighted by atomic mass is 9.72. The van der Waals surface area contributed by atoms with Gasteiger partial charge >= 0.3 is 5.97 Å². The average molecular weight is 485 g/mol. The van der Waals surface area contributed by atoms with Crippen LogP contribution in [0.2, 0.25) is 0 Å². The van der Waals surface area contributed by atoms with Crippen LogP contribution in [0, 0.1) is 12.8 Å². The molecular weight excluding hydrogens is 452 g/mol. The third kappa shape index (κ3) is 4.37. The molecule has 3 aromatic carbocycles. The standard InChI is InChI=1S/C30H32N2O4/c1-19-6-4-5-7-27(19)25-12-21(13-26(33)14-25)17-32-18-22-15-30(32,16-22)29(35)31-20(2)23-8-10-24(11-9-23)28(34)36-3/h4-14,20,22,33H,15-18H2,1-3H3,(H,31,35)/t20-,22?,30?/m0/s1. The van der Waals surface area contributed by atoms with Crippen LogP contribution in [0.3, 0.4) is 0 Å². The first-order valence-corrected chi connectivity index (χ1v) is 12.4. The Morgan fingerprint density at radius 1 is 1.11 bits per heavy atom. The van der Waals surface area contributed by atoms with Gasteiger partial charge in [0.1, 0.15) is 11.3 Å². The van der Waals surface area contributed by atoms with Gasteiger partial charge in [-0.15, -0.1) is 0 Å². The number of ether oxygens (including phenoxy) is 1. The number of phenolic OH excluding ortho intramolecular Hbond substituents is 1. The van der Waals surface area contributed by atoms with E-state index in [0.29, 0.717) is 18.0 Å². The number of aromatic hydroxyl groups is 1. The first-order valence-electron chi connectivity index (χ1n) is 12.4.